The number of benzene rings is 1. The topological polar surface area (TPSA) is 68.2 Å². The Labute approximate surface area is 180 Å². The number of likely N-dealkylation sites (tertiary alicyclic amines) is 1. The average Bonchev–Trinajstić information content (AvgIpc) is 3.33. The van der Waals surface area contributed by atoms with Gasteiger partial charge in [-0.15, -0.1) is 0 Å². The largest absolute Gasteiger partial charge is 0.388 e. The molecule has 3 aliphatic rings. The van der Waals surface area contributed by atoms with E-state index in [1.807, 2.05) is 4.90 Å². The summed E-state index contributed by atoms with van der Waals surface area (Å²) in [6.07, 6.45) is 7.76. The number of fused-ring (bicyclic) bond motifs is 1. The van der Waals surface area contributed by atoms with E-state index in [0.717, 1.165) is 70.7 Å². The Morgan fingerprint density at radius 3 is 2.77 bits per heavy atom. The van der Waals surface area contributed by atoms with Gasteiger partial charge in [-0.2, -0.15) is 0 Å². The molecule has 1 unspecified atom stereocenters. The maximum atomic E-state index is 12.0. The molecule has 0 radical (unpaired) electrons. The zero-order chi connectivity index (χ0) is 21.0. The molecule has 1 saturated carbocycles. The summed E-state index contributed by atoms with van der Waals surface area (Å²) in [5.41, 5.74) is 1.88. The predicted molar refractivity (Wildman–Crippen MR) is 121 cm³/mol. The van der Waals surface area contributed by atoms with E-state index in [4.69, 9.17) is 4.99 Å². The molecule has 0 bridgehead atoms. The molecular weight excluding hydrogens is 376 g/mol. The van der Waals surface area contributed by atoms with Crippen LogP contribution in [-0.2, 0) is 4.79 Å². The summed E-state index contributed by atoms with van der Waals surface area (Å²) < 4.78 is 0. The highest BCUT2D eigenvalue weighted by Crippen LogP contribution is 2.38. The van der Waals surface area contributed by atoms with Crippen LogP contribution in [0.1, 0.15) is 69.8 Å². The van der Waals surface area contributed by atoms with Gasteiger partial charge in [0, 0.05) is 44.2 Å². The Morgan fingerprint density at radius 1 is 1.23 bits per heavy atom. The number of hydrogen-bond donors (Lipinski definition) is 2. The van der Waals surface area contributed by atoms with Crippen LogP contribution in [0.3, 0.4) is 0 Å². The van der Waals surface area contributed by atoms with Gasteiger partial charge in [0.25, 0.3) is 0 Å². The fourth-order valence-corrected chi connectivity index (χ4v) is 5.18. The standard InChI is InChI=1S/C24H36N4O2/c1-2-25-23(26-18-24(30)13-6-3-7-14-24)28-17-19(20-9-4-5-10-21(20)28)12-16-27-15-8-11-22(27)29/h4-5,9-10,19,30H,2-3,6-8,11-18H2,1H3,(H,25,26). The van der Waals surface area contributed by atoms with E-state index >= 15 is 0 Å². The molecule has 6 heteroatoms. The van der Waals surface area contributed by atoms with Crippen LogP contribution in [0.25, 0.3) is 0 Å². The minimum absolute atomic E-state index is 0.300. The van der Waals surface area contributed by atoms with Gasteiger partial charge in [0.05, 0.1) is 12.1 Å². The quantitative estimate of drug-likeness (QED) is 0.556. The molecule has 30 heavy (non-hydrogen) atoms. The molecule has 1 amide bonds. The SMILES string of the molecule is CCNC(=NCC1(O)CCCCC1)N1CC(CCN2CCCC2=O)c2ccccc21. The Bertz CT molecular complexity index is 772. The van der Waals surface area contributed by atoms with Crippen molar-refractivity contribution in [3.63, 3.8) is 0 Å². The smallest absolute Gasteiger partial charge is 0.222 e. The van der Waals surface area contributed by atoms with Crippen LogP contribution in [0, 0.1) is 0 Å². The first-order valence-electron chi connectivity index (χ1n) is 11.7. The molecule has 4 rings (SSSR count). The van der Waals surface area contributed by atoms with Crippen molar-refractivity contribution in [3.05, 3.63) is 29.8 Å². The van der Waals surface area contributed by atoms with Gasteiger partial charge in [0.2, 0.25) is 5.91 Å². The molecule has 2 aliphatic heterocycles. The van der Waals surface area contributed by atoms with E-state index in [-0.39, 0.29) is 0 Å². The van der Waals surface area contributed by atoms with E-state index in [0.29, 0.717) is 24.8 Å². The molecule has 164 valence electrons. The molecule has 0 aromatic heterocycles. The van der Waals surface area contributed by atoms with Gasteiger partial charge in [-0.05, 0) is 44.2 Å². The van der Waals surface area contributed by atoms with E-state index in [2.05, 4.69) is 41.4 Å². The maximum Gasteiger partial charge on any atom is 0.222 e. The Balaban J connectivity index is 1.49. The second-order valence-electron chi connectivity index (χ2n) is 9.09. The summed E-state index contributed by atoms with van der Waals surface area (Å²) in [5, 5.41) is 14.4. The van der Waals surface area contributed by atoms with Gasteiger partial charge in [-0.25, -0.2) is 4.99 Å². The van der Waals surface area contributed by atoms with Crippen molar-refractivity contribution in [2.24, 2.45) is 4.99 Å². The third-order valence-corrected chi connectivity index (χ3v) is 6.89. The number of carbonyl (C=O) groups is 1. The van der Waals surface area contributed by atoms with Crippen molar-refractivity contribution < 1.29 is 9.90 Å². The van der Waals surface area contributed by atoms with Crippen molar-refractivity contribution in [1.29, 1.82) is 0 Å². The van der Waals surface area contributed by atoms with Crippen LogP contribution in [0.4, 0.5) is 5.69 Å². The van der Waals surface area contributed by atoms with Crippen LogP contribution >= 0.6 is 0 Å². The van der Waals surface area contributed by atoms with Gasteiger partial charge in [-0.1, -0.05) is 37.5 Å². The second-order valence-corrected chi connectivity index (χ2v) is 9.09. The molecule has 1 aromatic carbocycles. The fourth-order valence-electron chi connectivity index (χ4n) is 5.18. The van der Waals surface area contributed by atoms with Crippen molar-refractivity contribution in [3.8, 4) is 0 Å². The zero-order valence-corrected chi connectivity index (χ0v) is 18.3. The number of anilines is 1. The Kier molecular flexibility index (Phi) is 6.61. The van der Waals surface area contributed by atoms with E-state index in [1.54, 1.807) is 0 Å². The number of nitrogens with zero attached hydrogens (tertiary/aromatic N) is 3. The number of amides is 1. The average molecular weight is 413 g/mol. The van der Waals surface area contributed by atoms with Crippen molar-refractivity contribution >= 4 is 17.6 Å². The van der Waals surface area contributed by atoms with Gasteiger partial charge < -0.3 is 20.2 Å². The number of carbonyl (C=O) groups excluding carboxylic acids is 1. The summed E-state index contributed by atoms with van der Waals surface area (Å²) in [7, 11) is 0. The monoisotopic (exact) mass is 412 g/mol. The number of para-hydroxylation sites is 1. The lowest BCUT2D eigenvalue weighted by Gasteiger charge is -2.31. The van der Waals surface area contributed by atoms with Crippen LogP contribution in [0.5, 0.6) is 0 Å². The highest BCUT2D eigenvalue weighted by molar-refractivity contribution is 5.98. The number of hydrogen-bond acceptors (Lipinski definition) is 3. The van der Waals surface area contributed by atoms with Crippen LogP contribution < -0.4 is 10.2 Å². The summed E-state index contributed by atoms with van der Waals surface area (Å²) in [5.74, 6) is 1.55. The van der Waals surface area contributed by atoms with Crippen LogP contribution in [0.15, 0.2) is 29.3 Å². The van der Waals surface area contributed by atoms with E-state index in [9.17, 15) is 9.90 Å². The molecule has 1 saturated heterocycles. The molecule has 1 aromatic rings. The van der Waals surface area contributed by atoms with Crippen molar-refractivity contribution in [1.82, 2.24) is 10.2 Å². The Hall–Kier alpha value is -2.08. The molecule has 2 fully saturated rings. The third kappa shape index (κ3) is 4.64. The highest BCUT2D eigenvalue weighted by atomic mass is 16.3. The molecular formula is C24H36N4O2. The van der Waals surface area contributed by atoms with Crippen molar-refractivity contribution in [2.75, 3.05) is 37.6 Å². The molecule has 1 aliphatic carbocycles. The van der Waals surface area contributed by atoms with E-state index in [1.165, 1.54) is 17.7 Å². The maximum absolute atomic E-state index is 12.0. The lowest BCUT2D eigenvalue weighted by Crippen LogP contribution is -2.43. The van der Waals surface area contributed by atoms with Gasteiger partial charge in [0.15, 0.2) is 5.96 Å². The lowest BCUT2D eigenvalue weighted by molar-refractivity contribution is -0.127. The molecule has 0 spiro atoms. The minimum atomic E-state index is -0.659. The van der Waals surface area contributed by atoms with Crippen LogP contribution in [-0.4, -0.2) is 60.2 Å². The number of aliphatic hydroxyl groups is 1. The summed E-state index contributed by atoms with van der Waals surface area (Å²) in [6, 6.07) is 8.56. The first-order chi connectivity index (χ1) is 14.6. The number of guanidine groups is 1. The van der Waals surface area contributed by atoms with Crippen LogP contribution in [0.2, 0.25) is 0 Å². The predicted octanol–water partition coefficient (Wildman–Crippen LogP) is 3.26. The number of aliphatic imine (C=N–C) groups is 1. The zero-order valence-electron chi connectivity index (χ0n) is 18.3. The van der Waals surface area contributed by atoms with Gasteiger partial charge >= 0.3 is 0 Å². The molecule has 2 heterocycles. The lowest BCUT2D eigenvalue weighted by atomic mass is 9.85. The molecule has 2 N–H and O–H groups in total. The second kappa shape index (κ2) is 9.38. The normalized spacial score (nSPS) is 23.7. The van der Waals surface area contributed by atoms with Gasteiger partial charge in [0.1, 0.15) is 0 Å². The fraction of sp³-hybridized carbons (Fsp3) is 0.667. The van der Waals surface area contributed by atoms with Gasteiger partial charge in [-0.3, -0.25) is 4.79 Å². The first-order valence-corrected chi connectivity index (χ1v) is 11.7. The molecule has 6 nitrogen and oxygen atoms in total. The summed E-state index contributed by atoms with van der Waals surface area (Å²) in [4.78, 5) is 21.2. The minimum Gasteiger partial charge on any atom is -0.388 e. The number of rotatable bonds is 6. The summed E-state index contributed by atoms with van der Waals surface area (Å²) in [6.45, 7) is 5.94. The number of nitrogens with one attached hydrogen (secondary N) is 1. The molecule has 1 atom stereocenters. The van der Waals surface area contributed by atoms with E-state index < -0.39 is 5.60 Å². The highest BCUT2D eigenvalue weighted by Gasteiger charge is 2.33. The third-order valence-electron chi connectivity index (χ3n) is 6.89. The summed E-state index contributed by atoms with van der Waals surface area (Å²) >= 11 is 0. The first kappa shape index (κ1) is 21.2. The Morgan fingerprint density at radius 2 is 2.03 bits per heavy atom. The van der Waals surface area contributed by atoms with Crippen molar-refractivity contribution in [2.45, 2.75) is 69.8 Å².